The number of hydrogen-bond donors (Lipinski definition) is 2. The van der Waals surface area contributed by atoms with Crippen molar-refractivity contribution < 1.29 is 4.79 Å². The van der Waals surface area contributed by atoms with E-state index >= 15 is 0 Å². The predicted molar refractivity (Wildman–Crippen MR) is 109 cm³/mol. The number of anilines is 1. The molecule has 3 N–H and O–H groups in total. The first-order valence-electron chi connectivity index (χ1n) is 9.83. The zero-order valence-corrected chi connectivity index (χ0v) is 16.4. The smallest absolute Gasteiger partial charge is 0.251 e. The molecule has 4 rings (SSSR count). The zero-order valence-electron chi connectivity index (χ0n) is 16.4. The summed E-state index contributed by atoms with van der Waals surface area (Å²) in [5, 5.41) is 4.20. The van der Waals surface area contributed by atoms with Gasteiger partial charge in [-0.1, -0.05) is 38.1 Å². The minimum atomic E-state index is -0.201. The highest BCUT2D eigenvalue weighted by Crippen LogP contribution is 2.26. The first-order valence-corrected chi connectivity index (χ1v) is 9.83. The van der Waals surface area contributed by atoms with E-state index in [1.54, 1.807) is 0 Å². The van der Waals surface area contributed by atoms with Gasteiger partial charge in [0.25, 0.3) is 5.91 Å². The van der Waals surface area contributed by atoms with Crippen LogP contribution in [0.2, 0.25) is 0 Å². The van der Waals surface area contributed by atoms with Gasteiger partial charge in [0.2, 0.25) is 5.95 Å². The fourth-order valence-corrected chi connectivity index (χ4v) is 3.75. The molecule has 0 unspecified atom stereocenters. The van der Waals surface area contributed by atoms with Crippen LogP contribution in [0.15, 0.2) is 23.2 Å². The Kier molecular flexibility index (Phi) is 5.19. The number of rotatable bonds is 4. The van der Waals surface area contributed by atoms with Crippen LogP contribution in [0.1, 0.15) is 37.3 Å². The largest absolute Gasteiger partial charge is 0.368 e. The van der Waals surface area contributed by atoms with Crippen molar-refractivity contribution in [1.29, 1.82) is 0 Å². The number of fused-ring (bicyclic) bond motifs is 1. The van der Waals surface area contributed by atoms with Gasteiger partial charge in [0.1, 0.15) is 0 Å². The second-order valence-electron chi connectivity index (χ2n) is 7.68. The molecular weight excluding hydrogens is 352 g/mol. The van der Waals surface area contributed by atoms with Crippen LogP contribution in [0.25, 0.3) is 17.3 Å². The zero-order chi connectivity index (χ0) is 19.7. The molecule has 0 saturated carbocycles. The Bertz CT molecular complexity index is 1020. The summed E-state index contributed by atoms with van der Waals surface area (Å²) in [5.41, 5.74) is 10.6. The Morgan fingerprint density at radius 3 is 2.75 bits per heavy atom. The monoisotopic (exact) mass is 378 g/mol. The lowest BCUT2D eigenvalue weighted by atomic mass is 9.94. The standard InChI is InChI=1S/C21H26N6O/c1-13(2)14-3-4-16(15(11-14)12-27-9-7-23-8-10-27)19-17-5-6-18(28)24-20(17)26-21(22)25-19/h3-5,11,13,23H,6-10,12H2,1-2H3,(H2,22,24,26,28). The first kappa shape index (κ1) is 18.7. The summed E-state index contributed by atoms with van der Waals surface area (Å²) in [4.78, 5) is 27.0. The fraction of sp³-hybridized carbons (Fsp3) is 0.429. The summed E-state index contributed by atoms with van der Waals surface area (Å²) in [6.45, 7) is 9.30. The Labute approximate surface area is 164 Å². The highest BCUT2D eigenvalue weighted by atomic mass is 16.1. The lowest BCUT2D eigenvalue weighted by Gasteiger charge is -2.28. The molecule has 0 aliphatic carbocycles. The maximum Gasteiger partial charge on any atom is 0.251 e. The van der Waals surface area contributed by atoms with Gasteiger partial charge in [-0.3, -0.25) is 9.69 Å². The molecule has 7 heteroatoms. The van der Waals surface area contributed by atoms with E-state index in [1.807, 2.05) is 6.08 Å². The number of amides is 1. The number of piperazine rings is 1. The van der Waals surface area contributed by atoms with Crippen LogP contribution in [0.5, 0.6) is 0 Å². The number of nitrogens with zero attached hydrogens (tertiary/aromatic N) is 4. The summed E-state index contributed by atoms with van der Waals surface area (Å²) >= 11 is 0. The fourth-order valence-electron chi connectivity index (χ4n) is 3.75. The van der Waals surface area contributed by atoms with Gasteiger partial charge in [-0.05, 0) is 17.0 Å². The van der Waals surface area contributed by atoms with Crippen molar-refractivity contribution in [2.24, 2.45) is 4.99 Å². The van der Waals surface area contributed by atoms with Crippen LogP contribution in [0.3, 0.4) is 0 Å². The summed E-state index contributed by atoms with van der Waals surface area (Å²) in [5.74, 6) is 0.383. The average Bonchev–Trinajstić information content (AvgIpc) is 2.67. The quantitative estimate of drug-likeness (QED) is 0.808. The highest BCUT2D eigenvalue weighted by Gasteiger charge is 2.18. The number of carbonyl (C=O) groups is 1. The van der Waals surface area contributed by atoms with Crippen molar-refractivity contribution in [1.82, 2.24) is 20.2 Å². The van der Waals surface area contributed by atoms with Crippen LogP contribution < -0.4 is 21.8 Å². The number of aromatic nitrogens is 2. The third-order valence-corrected chi connectivity index (χ3v) is 5.31. The van der Waals surface area contributed by atoms with E-state index < -0.39 is 0 Å². The lowest BCUT2D eigenvalue weighted by molar-refractivity contribution is -0.117. The third kappa shape index (κ3) is 3.81. The molecule has 2 aliphatic heterocycles. The van der Waals surface area contributed by atoms with Crippen molar-refractivity contribution >= 4 is 17.9 Å². The molecule has 1 saturated heterocycles. The number of carbonyl (C=O) groups excluding carboxylic acids is 1. The van der Waals surface area contributed by atoms with Crippen molar-refractivity contribution in [3.8, 4) is 11.3 Å². The predicted octanol–water partition coefficient (Wildman–Crippen LogP) is 0.585. The summed E-state index contributed by atoms with van der Waals surface area (Å²) in [7, 11) is 0. The third-order valence-electron chi connectivity index (χ3n) is 5.31. The SMILES string of the molecule is CC(C)c1ccc(-c2nc(N)nc3c2=CCC(=O)N=3)c(CN2CCNCC2)c1. The number of nitrogens with two attached hydrogens (primary N) is 1. The van der Waals surface area contributed by atoms with Gasteiger partial charge in [-0.15, -0.1) is 0 Å². The van der Waals surface area contributed by atoms with Crippen LogP contribution in [-0.4, -0.2) is 47.0 Å². The van der Waals surface area contributed by atoms with Gasteiger partial charge in [0, 0.05) is 49.9 Å². The minimum absolute atomic E-state index is 0.140. The molecular formula is C21H26N6O. The molecule has 146 valence electrons. The van der Waals surface area contributed by atoms with Crippen LogP contribution in [-0.2, 0) is 11.3 Å². The molecule has 2 aliphatic rings. The molecule has 3 heterocycles. The molecule has 0 bridgehead atoms. The average molecular weight is 378 g/mol. The normalized spacial score (nSPS) is 17.2. The van der Waals surface area contributed by atoms with Gasteiger partial charge in [0.15, 0.2) is 5.49 Å². The Morgan fingerprint density at radius 2 is 2.00 bits per heavy atom. The Balaban J connectivity index is 1.86. The van der Waals surface area contributed by atoms with E-state index in [0.29, 0.717) is 11.4 Å². The first-order chi connectivity index (χ1) is 13.5. The van der Waals surface area contributed by atoms with Crippen LogP contribution >= 0.6 is 0 Å². The highest BCUT2D eigenvalue weighted by molar-refractivity contribution is 5.84. The number of benzene rings is 1. The topological polar surface area (TPSA) is 96.5 Å². The Morgan fingerprint density at radius 1 is 1.21 bits per heavy atom. The molecule has 1 fully saturated rings. The second kappa shape index (κ2) is 7.77. The molecule has 1 aromatic heterocycles. The van der Waals surface area contributed by atoms with Crippen molar-refractivity contribution in [3.63, 3.8) is 0 Å². The van der Waals surface area contributed by atoms with E-state index in [4.69, 9.17) is 5.73 Å². The molecule has 0 atom stereocenters. The maximum atomic E-state index is 11.7. The van der Waals surface area contributed by atoms with Crippen molar-refractivity contribution in [2.75, 3.05) is 31.9 Å². The lowest BCUT2D eigenvalue weighted by Crippen LogP contribution is -2.43. The van der Waals surface area contributed by atoms with Gasteiger partial charge in [-0.2, -0.15) is 9.98 Å². The second-order valence-corrected chi connectivity index (χ2v) is 7.68. The molecule has 0 radical (unpaired) electrons. The number of hydrogen-bond acceptors (Lipinski definition) is 6. The van der Waals surface area contributed by atoms with Gasteiger partial charge in [0.05, 0.1) is 5.69 Å². The molecule has 2 aromatic rings. The molecule has 1 amide bonds. The van der Waals surface area contributed by atoms with Gasteiger partial charge >= 0.3 is 0 Å². The van der Waals surface area contributed by atoms with Gasteiger partial charge < -0.3 is 11.1 Å². The van der Waals surface area contributed by atoms with E-state index in [1.165, 1.54) is 11.1 Å². The minimum Gasteiger partial charge on any atom is -0.368 e. The van der Waals surface area contributed by atoms with E-state index in [2.05, 4.69) is 57.2 Å². The summed E-state index contributed by atoms with van der Waals surface area (Å²) in [6, 6.07) is 6.55. The van der Waals surface area contributed by atoms with E-state index in [-0.39, 0.29) is 18.3 Å². The molecule has 7 nitrogen and oxygen atoms in total. The number of nitrogens with one attached hydrogen (secondary N) is 1. The molecule has 28 heavy (non-hydrogen) atoms. The summed E-state index contributed by atoms with van der Waals surface area (Å²) in [6.07, 6.45) is 2.13. The van der Waals surface area contributed by atoms with Crippen molar-refractivity contribution in [3.05, 3.63) is 40.0 Å². The van der Waals surface area contributed by atoms with Crippen LogP contribution in [0, 0.1) is 0 Å². The van der Waals surface area contributed by atoms with Crippen LogP contribution in [0.4, 0.5) is 5.95 Å². The Hall–Kier alpha value is -2.64. The maximum absolute atomic E-state index is 11.7. The molecule has 0 spiro atoms. The van der Waals surface area contributed by atoms with Crippen molar-refractivity contribution in [2.45, 2.75) is 32.7 Å². The summed E-state index contributed by atoms with van der Waals surface area (Å²) < 4.78 is 0. The van der Waals surface area contributed by atoms with Gasteiger partial charge in [-0.25, -0.2) is 4.98 Å². The molecule has 1 aromatic carbocycles. The van der Waals surface area contributed by atoms with E-state index in [9.17, 15) is 4.79 Å². The van der Waals surface area contributed by atoms with E-state index in [0.717, 1.165) is 49.2 Å². The number of nitrogen functional groups attached to an aromatic ring is 1.